The predicted molar refractivity (Wildman–Crippen MR) is 118 cm³/mol. The molecule has 3 aromatic rings. The van der Waals surface area contributed by atoms with Crippen LogP contribution in [0.1, 0.15) is 30.1 Å². The lowest BCUT2D eigenvalue weighted by molar-refractivity contribution is 0.0855. The van der Waals surface area contributed by atoms with Gasteiger partial charge in [0.15, 0.2) is 6.10 Å². The van der Waals surface area contributed by atoms with Crippen molar-refractivity contribution < 1.29 is 30.8 Å². The molecule has 0 atom stereocenters. The number of hydrogen-bond acceptors (Lipinski definition) is 4. The average Bonchev–Trinajstić information content (AvgIpc) is 2.83. The molecule has 10 heteroatoms. The topological polar surface area (TPSA) is 59.0 Å². The molecule has 1 aliphatic rings. The van der Waals surface area contributed by atoms with Crippen molar-refractivity contribution >= 4 is 15.7 Å². The second-order valence-electron chi connectivity index (χ2n) is 7.72. The number of oxime groups is 1. The van der Waals surface area contributed by atoms with Gasteiger partial charge in [-0.05, 0) is 53.6 Å². The molecule has 1 saturated heterocycles. The fourth-order valence-electron chi connectivity index (χ4n) is 3.61. The summed E-state index contributed by atoms with van der Waals surface area (Å²) < 4.78 is 80.8. The fraction of sp³-hybridized carbons (Fsp3) is 0.208. The second kappa shape index (κ2) is 9.94. The van der Waals surface area contributed by atoms with E-state index < -0.39 is 44.3 Å². The highest BCUT2D eigenvalue weighted by atomic mass is 32.2. The molecule has 0 amide bonds. The fourth-order valence-corrected chi connectivity index (χ4v) is 5.12. The molecule has 0 aromatic heterocycles. The van der Waals surface area contributed by atoms with Gasteiger partial charge >= 0.3 is 0 Å². The van der Waals surface area contributed by atoms with Crippen molar-refractivity contribution in [1.82, 2.24) is 4.31 Å². The van der Waals surface area contributed by atoms with Crippen LogP contribution in [0.25, 0.3) is 0 Å². The summed E-state index contributed by atoms with van der Waals surface area (Å²) in [7, 11) is -4.21. The minimum atomic E-state index is -4.21. The van der Waals surface area contributed by atoms with Gasteiger partial charge in [-0.25, -0.2) is 26.0 Å². The summed E-state index contributed by atoms with van der Waals surface area (Å²) in [4.78, 5) is 5.03. The Hall–Kier alpha value is -3.24. The van der Waals surface area contributed by atoms with E-state index in [1.807, 2.05) is 0 Å². The molecule has 0 spiro atoms. The van der Waals surface area contributed by atoms with Gasteiger partial charge in [0.05, 0.1) is 5.71 Å². The molecule has 34 heavy (non-hydrogen) atoms. The van der Waals surface area contributed by atoms with Crippen LogP contribution >= 0.6 is 0 Å². The Kier molecular flexibility index (Phi) is 6.99. The van der Waals surface area contributed by atoms with Gasteiger partial charge in [0.25, 0.3) is 0 Å². The molecule has 0 aliphatic carbocycles. The van der Waals surface area contributed by atoms with Crippen LogP contribution < -0.4 is 0 Å². The maximum Gasteiger partial charge on any atom is 0.246 e. The summed E-state index contributed by atoms with van der Waals surface area (Å²) in [6.07, 6.45) is -0.303. The Morgan fingerprint density at radius 1 is 0.765 bits per heavy atom. The van der Waals surface area contributed by atoms with E-state index in [-0.39, 0.29) is 25.9 Å². The first-order valence-corrected chi connectivity index (χ1v) is 11.9. The highest BCUT2D eigenvalue weighted by Gasteiger charge is 2.31. The summed E-state index contributed by atoms with van der Waals surface area (Å²) >= 11 is 0. The molecule has 0 bridgehead atoms. The van der Waals surface area contributed by atoms with Crippen LogP contribution in [-0.2, 0) is 14.9 Å². The molecular formula is C24H20F4N2O3S. The molecule has 0 saturated carbocycles. The molecule has 3 aromatic carbocycles. The van der Waals surface area contributed by atoms with Crippen LogP contribution in [0.3, 0.4) is 0 Å². The molecule has 178 valence electrons. The summed E-state index contributed by atoms with van der Waals surface area (Å²) in [5.74, 6) is -2.71. The lowest BCUT2D eigenvalue weighted by atomic mass is 10.0. The molecule has 1 heterocycles. The van der Waals surface area contributed by atoms with Gasteiger partial charge in [-0.1, -0.05) is 29.4 Å². The number of hydrogen-bond donors (Lipinski definition) is 0. The second-order valence-corrected chi connectivity index (χ2v) is 9.63. The van der Waals surface area contributed by atoms with E-state index in [4.69, 9.17) is 4.84 Å². The third kappa shape index (κ3) is 5.28. The summed E-state index contributed by atoms with van der Waals surface area (Å²) in [6.45, 7) is 0.0243. The first-order valence-electron chi connectivity index (χ1n) is 10.4. The Labute approximate surface area is 194 Å². The van der Waals surface area contributed by atoms with Gasteiger partial charge in [-0.15, -0.1) is 0 Å². The average molecular weight is 492 g/mol. The van der Waals surface area contributed by atoms with Crippen LogP contribution in [0.2, 0.25) is 0 Å². The van der Waals surface area contributed by atoms with E-state index in [1.165, 1.54) is 48.5 Å². The zero-order valence-corrected chi connectivity index (χ0v) is 18.6. The number of benzene rings is 3. The number of piperidine rings is 1. The van der Waals surface area contributed by atoms with Crippen LogP contribution in [0.15, 0.2) is 76.8 Å². The lowest BCUT2D eigenvalue weighted by Gasteiger charge is -2.27. The molecule has 0 radical (unpaired) electrons. The SMILES string of the molecule is O=S(=O)(c1cc(F)ccc1F)N1CCC(=NOC(c2ccc(F)cc2)c2ccc(F)cc2)CC1. The van der Waals surface area contributed by atoms with E-state index in [2.05, 4.69) is 5.16 Å². The van der Waals surface area contributed by atoms with Crippen molar-refractivity contribution in [3.8, 4) is 0 Å². The zero-order valence-electron chi connectivity index (χ0n) is 17.8. The third-order valence-corrected chi connectivity index (χ3v) is 7.36. The molecule has 1 aliphatic heterocycles. The largest absolute Gasteiger partial charge is 0.383 e. The molecular weight excluding hydrogens is 472 g/mol. The van der Waals surface area contributed by atoms with E-state index in [9.17, 15) is 26.0 Å². The highest BCUT2D eigenvalue weighted by molar-refractivity contribution is 7.89. The Balaban J connectivity index is 1.49. The Morgan fingerprint density at radius 3 is 1.79 bits per heavy atom. The molecule has 0 N–H and O–H groups in total. The number of sulfonamides is 1. The molecule has 5 nitrogen and oxygen atoms in total. The standard InChI is InChI=1S/C24H20F4N2O3S/c25-18-5-1-16(2-6-18)24(17-3-7-19(26)8-4-17)33-29-21-11-13-30(14-12-21)34(31,32)23-15-20(27)9-10-22(23)28/h1-10,15,24H,11-14H2. The minimum Gasteiger partial charge on any atom is -0.383 e. The summed E-state index contributed by atoms with van der Waals surface area (Å²) in [5.41, 5.74) is 1.76. The summed E-state index contributed by atoms with van der Waals surface area (Å²) in [6, 6.07) is 13.5. The van der Waals surface area contributed by atoms with Gasteiger partial charge in [0.2, 0.25) is 10.0 Å². The van der Waals surface area contributed by atoms with Crippen molar-refractivity contribution in [2.75, 3.05) is 13.1 Å². The molecule has 0 unspecified atom stereocenters. The van der Waals surface area contributed by atoms with E-state index in [0.29, 0.717) is 22.9 Å². The first kappa shape index (κ1) is 23.9. The van der Waals surface area contributed by atoms with Crippen molar-refractivity contribution in [2.24, 2.45) is 5.16 Å². The number of rotatable bonds is 6. The molecule has 4 rings (SSSR count). The zero-order chi connectivity index (χ0) is 24.3. The van der Waals surface area contributed by atoms with Crippen molar-refractivity contribution in [2.45, 2.75) is 23.8 Å². The number of nitrogens with zero attached hydrogens (tertiary/aromatic N) is 2. The number of halogens is 4. The smallest absolute Gasteiger partial charge is 0.246 e. The molecule has 1 fully saturated rings. The van der Waals surface area contributed by atoms with E-state index in [0.717, 1.165) is 16.4 Å². The quantitative estimate of drug-likeness (QED) is 0.352. The lowest BCUT2D eigenvalue weighted by Crippen LogP contribution is -2.39. The van der Waals surface area contributed by atoms with Crippen LogP contribution in [0, 0.1) is 23.3 Å². The van der Waals surface area contributed by atoms with Crippen molar-refractivity contribution in [3.05, 3.63) is 101 Å². The van der Waals surface area contributed by atoms with Crippen molar-refractivity contribution in [3.63, 3.8) is 0 Å². The maximum absolute atomic E-state index is 14.0. The highest BCUT2D eigenvalue weighted by Crippen LogP contribution is 2.28. The predicted octanol–water partition coefficient (Wildman–Crippen LogP) is 5.19. The maximum atomic E-state index is 14.0. The monoisotopic (exact) mass is 492 g/mol. The van der Waals surface area contributed by atoms with Gasteiger partial charge in [0, 0.05) is 25.9 Å². The van der Waals surface area contributed by atoms with E-state index in [1.54, 1.807) is 0 Å². The Morgan fingerprint density at radius 2 is 1.26 bits per heavy atom. The Bertz CT molecular complexity index is 1240. The van der Waals surface area contributed by atoms with Gasteiger partial charge in [-0.2, -0.15) is 4.31 Å². The summed E-state index contributed by atoms with van der Waals surface area (Å²) in [5, 5.41) is 4.18. The normalized spacial score (nSPS) is 14.9. The first-order chi connectivity index (χ1) is 16.2. The van der Waals surface area contributed by atoms with Crippen LogP contribution in [-0.4, -0.2) is 31.5 Å². The minimum absolute atomic E-state index is 0.0121. The van der Waals surface area contributed by atoms with Gasteiger partial charge in [-0.3, -0.25) is 0 Å². The van der Waals surface area contributed by atoms with E-state index >= 15 is 0 Å². The third-order valence-electron chi connectivity index (χ3n) is 5.44. The van der Waals surface area contributed by atoms with Crippen molar-refractivity contribution in [1.29, 1.82) is 0 Å². The van der Waals surface area contributed by atoms with Gasteiger partial charge in [0.1, 0.15) is 28.2 Å². The van der Waals surface area contributed by atoms with Gasteiger partial charge < -0.3 is 4.84 Å². The van der Waals surface area contributed by atoms with Crippen LogP contribution in [0.4, 0.5) is 17.6 Å². The van der Waals surface area contributed by atoms with Crippen LogP contribution in [0.5, 0.6) is 0 Å².